The SMILES string of the molecule is O=C1CCC(c2ccc(C3CCN(C4CCN(c5cc(F)c(Cl)cc5F)CC4)CC3)c(F)c2)C(=O)N1. The van der Waals surface area contributed by atoms with Crippen LogP contribution >= 0.6 is 11.6 Å². The van der Waals surface area contributed by atoms with Gasteiger partial charge in [-0.25, -0.2) is 13.2 Å². The minimum atomic E-state index is -0.616. The Bertz CT molecular complexity index is 1160. The van der Waals surface area contributed by atoms with E-state index in [2.05, 4.69) is 10.2 Å². The van der Waals surface area contributed by atoms with E-state index in [1.54, 1.807) is 6.07 Å². The van der Waals surface area contributed by atoms with Gasteiger partial charge in [-0.2, -0.15) is 0 Å². The number of rotatable bonds is 4. The number of imide groups is 1. The van der Waals surface area contributed by atoms with Gasteiger partial charge in [-0.3, -0.25) is 14.9 Å². The Labute approximate surface area is 213 Å². The van der Waals surface area contributed by atoms with Crippen LogP contribution < -0.4 is 10.2 Å². The van der Waals surface area contributed by atoms with Gasteiger partial charge >= 0.3 is 0 Å². The molecule has 192 valence electrons. The summed E-state index contributed by atoms with van der Waals surface area (Å²) in [6.45, 7) is 2.99. The molecule has 5 nitrogen and oxygen atoms in total. The quantitative estimate of drug-likeness (QED) is 0.450. The largest absolute Gasteiger partial charge is 0.369 e. The molecule has 2 amide bonds. The van der Waals surface area contributed by atoms with Crippen LogP contribution in [0.2, 0.25) is 5.02 Å². The van der Waals surface area contributed by atoms with Gasteiger partial charge < -0.3 is 9.80 Å². The van der Waals surface area contributed by atoms with Crippen molar-refractivity contribution in [3.05, 3.63) is 63.9 Å². The van der Waals surface area contributed by atoms with Crippen molar-refractivity contribution in [3.63, 3.8) is 0 Å². The minimum absolute atomic E-state index is 0.114. The summed E-state index contributed by atoms with van der Waals surface area (Å²) in [6.07, 6.45) is 4.05. The van der Waals surface area contributed by atoms with E-state index in [0.717, 1.165) is 44.8 Å². The third-order valence-electron chi connectivity index (χ3n) is 7.95. The van der Waals surface area contributed by atoms with Gasteiger partial charge in [-0.1, -0.05) is 23.7 Å². The summed E-state index contributed by atoms with van der Waals surface area (Å²) in [7, 11) is 0. The summed E-state index contributed by atoms with van der Waals surface area (Å²) in [5.74, 6) is -2.43. The number of amides is 2. The Morgan fingerprint density at radius 2 is 1.56 bits per heavy atom. The molecule has 3 heterocycles. The van der Waals surface area contributed by atoms with Crippen molar-refractivity contribution >= 4 is 29.1 Å². The summed E-state index contributed by atoms with van der Waals surface area (Å²) < 4.78 is 43.2. The predicted octanol–water partition coefficient (Wildman–Crippen LogP) is 5.13. The van der Waals surface area contributed by atoms with Crippen LogP contribution in [0.15, 0.2) is 30.3 Å². The lowest BCUT2D eigenvalue weighted by molar-refractivity contribution is -0.134. The Balaban J connectivity index is 1.15. The van der Waals surface area contributed by atoms with Crippen LogP contribution in [0.1, 0.15) is 61.5 Å². The Kier molecular flexibility index (Phi) is 7.26. The Morgan fingerprint density at radius 1 is 0.833 bits per heavy atom. The summed E-state index contributed by atoms with van der Waals surface area (Å²) in [4.78, 5) is 27.8. The zero-order valence-corrected chi connectivity index (χ0v) is 20.7. The fraction of sp³-hybridized carbons (Fsp3) is 0.481. The van der Waals surface area contributed by atoms with Crippen molar-refractivity contribution in [2.24, 2.45) is 0 Å². The standard InChI is InChI=1S/C27H29ClF3N3O2/c28-21-14-24(31)25(15-23(21)30)34-11-7-18(8-12-34)33-9-5-16(6-10-33)19-2-1-17(13-22(19)29)20-3-4-26(35)32-27(20)36/h1-2,13-16,18,20H,3-12H2,(H,32,35,36). The number of anilines is 1. The second-order valence-corrected chi connectivity index (χ2v) is 10.4. The Hall–Kier alpha value is -2.58. The van der Waals surface area contributed by atoms with E-state index in [9.17, 15) is 18.4 Å². The van der Waals surface area contributed by atoms with Crippen LogP contribution in [0.4, 0.5) is 18.9 Å². The molecular formula is C27H29ClF3N3O2. The third kappa shape index (κ3) is 5.11. The molecule has 3 aliphatic heterocycles. The van der Waals surface area contributed by atoms with Crippen LogP contribution in [0, 0.1) is 17.5 Å². The molecule has 3 saturated heterocycles. The predicted molar refractivity (Wildman–Crippen MR) is 132 cm³/mol. The number of carbonyl (C=O) groups excluding carboxylic acids is 2. The normalized spacial score (nSPS) is 22.7. The van der Waals surface area contributed by atoms with Gasteiger partial charge in [0.25, 0.3) is 0 Å². The molecule has 0 bridgehead atoms. The van der Waals surface area contributed by atoms with Gasteiger partial charge in [-0.05, 0) is 74.4 Å². The van der Waals surface area contributed by atoms with Gasteiger partial charge in [-0.15, -0.1) is 0 Å². The van der Waals surface area contributed by atoms with E-state index < -0.39 is 17.6 Å². The molecule has 0 spiro atoms. The molecule has 1 unspecified atom stereocenters. The van der Waals surface area contributed by atoms with Crippen molar-refractivity contribution < 1.29 is 22.8 Å². The highest BCUT2D eigenvalue weighted by Gasteiger charge is 2.32. The van der Waals surface area contributed by atoms with E-state index in [4.69, 9.17) is 11.6 Å². The molecule has 0 saturated carbocycles. The first-order valence-electron chi connectivity index (χ1n) is 12.6. The fourth-order valence-corrected chi connectivity index (χ4v) is 6.06. The number of likely N-dealkylation sites (tertiary alicyclic amines) is 1. The maximum atomic E-state index is 15.1. The maximum Gasteiger partial charge on any atom is 0.234 e. The number of piperidine rings is 3. The van der Waals surface area contributed by atoms with E-state index in [-0.39, 0.29) is 40.7 Å². The van der Waals surface area contributed by atoms with Crippen LogP contribution in [0.3, 0.4) is 0 Å². The zero-order valence-electron chi connectivity index (χ0n) is 19.9. The smallest absolute Gasteiger partial charge is 0.234 e. The molecule has 0 aliphatic carbocycles. The average Bonchev–Trinajstić information content (AvgIpc) is 2.86. The highest BCUT2D eigenvalue weighted by molar-refractivity contribution is 6.30. The average molecular weight is 520 g/mol. The van der Waals surface area contributed by atoms with Gasteiger partial charge in [0.2, 0.25) is 11.8 Å². The lowest BCUT2D eigenvalue weighted by Gasteiger charge is -2.42. The second kappa shape index (κ2) is 10.4. The van der Waals surface area contributed by atoms with Crippen molar-refractivity contribution in [2.45, 2.75) is 56.4 Å². The second-order valence-electron chi connectivity index (χ2n) is 10.0. The van der Waals surface area contributed by atoms with Crippen molar-refractivity contribution in [1.82, 2.24) is 10.2 Å². The number of carbonyl (C=O) groups is 2. The maximum absolute atomic E-state index is 15.1. The molecule has 9 heteroatoms. The number of hydrogen-bond acceptors (Lipinski definition) is 4. The molecule has 5 rings (SSSR count). The molecular weight excluding hydrogens is 491 g/mol. The summed E-state index contributed by atoms with van der Waals surface area (Å²) in [5.41, 5.74) is 1.55. The number of nitrogens with one attached hydrogen (secondary N) is 1. The van der Waals surface area contributed by atoms with Crippen LogP contribution in [-0.4, -0.2) is 48.9 Å². The number of nitrogens with zero attached hydrogens (tertiary/aromatic N) is 2. The van der Waals surface area contributed by atoms with Gasteiger partial charge in [0.15, 0.2) is 0 Å². The molecule has 0 radical (unpaired) electrons. The van der Waals surface area contributed by atoms with Crippen LogP contribution in [0.25, 0.3) is 0 Å². The van der Waals surface area contributed by atoms with Crippen molar-refractivity contribution in [3.8, 4) is 0 Å². The number of benzene rings is 2. The van der Waals surface area contributed by atoms with Crippen LogP contribution in [-0.2, 0) is 9.59 Å². The van der Waals surface area contributed by atoms with E-state index in [1.165, 1.54) is 12.1 Å². The first-order valence-corrected chi connectivity index (χ1v) is 12.9. The molecule has 3 fully saturated rings. The van der Waals surface area contributed by atoms with E-state index in [1.807, 2.05) is 11.0 Å². The molecule has 36 heavy (non-hydrogen) atoms. The van der Waals surface area contributed by atoms with Gasteiger partial charge in [0.05, 0.1) is 16.6 Å². The third-order valence-corrected chi connectivity index (χ3v) is 8.24. The Morgan fingerprint density at radius 3 is 2.22 bits per heavy atom. The number of halogens is 4. The highest BCUT2D eigenvalue weighted by Crippen LogP contribution is 2.35. The summed E-state index contributed by atoms with van der Waals surface area (Å²) in [5, 5.41) is 2.12. The molecule has 2 aromatic carbocycles. The van der Waals surface area contributed by atoms with Gasteiger partial charge in [0, 0.05) is 31.6 Å². The van der Waals surface area contributed by atoms with E-state index >= 15 is 4.39 Å². The first-order chi connectivity index (χ1) is 17.3. The van der Waals surface area contributed by atoms with E-state index in [0.29, 0.717) is 36.7 Å². The topological polar surface area (TPSA) is 52.7 Å². The zero-order chi connectivity index (χ0) is 25.4. The van der Waals surface area contributed by atoms with Crippen molar-refractivity contribution in [2.75, 3.05) is 31.1 Å². The minimum Gasteiger partial charge on any atom is -0.369 e. The number of hydrogen-bond donors (Lipinski definition) is 1. The summed E-state index contributed by atoms with van der Waals surface area (Å²) >= 11 is 5.68. The molecule has 1 atom stereocenters. The van der Waals surface area contributed by atoms with Gasteiger partial charge in [0.1, 0.15) is 17.5 Å². The molecule has 1 N–H and O–H groups in total. The molecule has 2 aromatic rings. The van der Waals surface area contributed by atoms with Crippen molar-refractivity contribution in [1.29, 1.82) is 0 Å². The van der Waals surface area contributed by atoms with Crippen LogP contribution in [0.5, 0.6) is 0 Å². The molecule has 3 aliphatic rings. The lowest BCUT2D eigenvalue weighted by atomic mass is 9.85. The monoisotopic (exact) mass is 519 g/mol. The summed E-state index contributed by atoms with van der Waals surface area (Å²) in [6, 6.07) is 7.63. The lowest BCUT2D eigenvalue weighted by Crippen LogP contribution is -2.47. The highest BCUT2D eigenvalue weighted by atomic mass is 35.5. The fourth-order valence-electron chi connectivity index (χ4n) is 5.90. The first kappa shape index (κ1) is 25.1. The molecule has 0 aromatic heterocycles.